The van der Waals surface area contributed by atoms with Crippen LogP contribution in [0.5, 0.6) is 0 Å². The molecular weight excluding hydrogens is 294 g/mol. The minimum Gasteiger partial charge on any atom is -0.384 e. The molecule has 1 aromatic heterocycles. The molecule has 0 aliphatic carbocycles. The lowest BCUT2D eigenvalue weighted by atomic mass is 9.90. The summed E-state index contributed by atoms with van der Waals surface area (Å²) in [6.45, 7) is 5.08. The minimum absolute atomic E-state index is 0.00704. The summed E-state index contributed by atoms with van der Waals surface area (Å²) >= 11 is 0. The van der Waals surface area contributed by atoms with Crippen molar-refractivity contribution in [2.24, 2.45) is 11.7 Å². The Hall–Kier alpha value is -2.15. The molecular formula is C16H25N5O2. The van der Waals surface area contributed by atoms with Crippen molar-refractivity contribution in [1.29, 1.82) is 0 Å². The smallest absolute Gasteiger partial charge is 0.251 e. The standard InChI is InChI=1S/C16H25N5O2/c1-10(17)16(23)21-7-4-12(5-8-21)11(2)20-15(22)13-3-6-19-14(18)9-13/h3,6,9-12H,4-5,7-8,17H2,1-2H3,(H2,18,19)(H,20,22). The average Bonchev–Trinajstić information content (AvgIpc) is 2.54. The monoisotopic (exact) mass is 319 g/mol. The highest BCUT2D eigenvalue weighted by Gasteiger charge is 2.28. The van der Waals surface area contributed by atoms with Gasteiger partial charge in [-0.25, -0.2) is 4.98 Å². The van der Waals surface area contributed by atoms with Crippen molar-refractivity contribution in [3.63, 3.8) is 0 Å². The number of hydrogen-bond acceptors (Lipinski definition) is 5. The zero-order valence-electron chi connectivity index (χ0n) is 13.7. The lowest BCUT2D eigenvalue weighted by molar-refractivity contribution is -0.133. The van der Waals surface area contributed by atoms with Crippen LogP contribution in [0.15, 0.2) is 18.3 Å². The maximum Gasteiger partial charge on any atom is 0.251 e. The predicted octanol–water partition coefficient (Wildman–Crippen LogP) is 0.368. The number of aromatic nitrogens is 1. The Labute approximate surface area is 136 Å². The van der Waals surface area contributed by atoms with Gasteiger partial charge in [0.2, 0.25) is 5.91 Å². The predicted molar refractivity (Wildman–Crippen MR) is 88.5 cm³/mol. The molecule has 0 aromatic carbocycles. The molecule has 2 unspecified atom stereocenters. The van der Waals surface area contributed by atoms with Gasteiger partial charge in [0.1, 0.15) is 5.82 Å². The summed E-state index contributed by atoms with van der Waals surface area (Å²) < 4.78 is 0. The van der Waals surface area contributed by atoms with Gasteiger partial charge in [-0.15, -0.1) is 0 Å². The first kappa shape index (κ1) is 17.2. The van der Waals surface area contributed by atoms with Gasteiger partial charge in [0.05, 0.1) is 6.04 Å². The van der Waals surface area contributed by atoms with Gasteiger partial charge in [0.25, 0.3) is 5.91 Å². The summed E-state index contributed by atoms with van der Waals surface area (Å²) in [5.41, 5.74) is 11.7. The van der Waals surface area contributed by atoms with E-state index in [0.717, 1.165) is 12.8 Å². The Morgan fingerprint density at radius 2 is 2.00 bits per heavy atom. The van der Waals surface area contributed by atoms with Gasteiger partial charge in [-0.2, -0.15) is 0 Å². The molecule has 23 heavy (non-hydrogen) atoms. The third kappa shape index (κ3) is 4.41. The first-order valence-corrected chi connectivity index (χ1v) is 7.95. The Kier molecular flexibility index (Phi) is 5.54. The molecule has 1 aliphatic heterocycles. The van der Waals surface area contributed by atoms with Crippen LogP contribution in [0.4, 0.5) is 5.82 Å². The van der Waals surface area contributed by atoms with Crippen LogP contribution in [0.3, 0.4) is 0 Å². The largest absolute Gasteiger partial charge is 0.384 e. The maximum absolute atomic E-state index is 12.2. The normalized spacial score (nSPS) is 18.3. The van der Waals surface area contributed by atoms with Crippen LogP contribution < -0.4 is 16.8 Å². The van der Waals surface area contributed by atoms with Gasteiger partial charge in [-0.05, 0) is 44.7 Å². The van der Waals surface area contributed by atoms with Crippen LogP contribution in [0.2, 0.25) is 0 Å². The zero-order valence-corrected chi connectivity index (χ0v) is 13.7. The minimum atomic E-state index is -0.458. The molecule has 1 aromatic rings. The lowest BCUT2D eigenvalue weighted by Crippen LogP contribution is -2.49. The van der Waals surface area contributed by atoms with E-state index in [0.29, 0.717) is 30.4 Å². The number of pyridine rings is 1. The molecule has 2 amide bonds. The number of anilines is 1. The highest BCUT2D eigenvalue weighted by molar-refractivity contribution is 5.94. The summed E-state index contributed by atoms with van der Waals surface area (Å²) in [6.07, 6.45) is 3.24. The van der Waals surface area contributed by atoms with E-state index in [-0.39, 0.29) is 17.9 Å². The number of nitrogens with zero attached hydrogens (tertiary/aromatic N) is 2. The first-order chi connectivity index (χ1) is 10.9. The third-order valence-electron chi connectivity index (χ3n) is 4.35. The number of amides is 2. The van der Waals surface area contributed by atoms with Gasteiger partial charge in [0, 0.05) is 30.9 Å². The average molecular weight is 319 g/mol. The van der Waals surface area contributed by atoms with Crippen molar-refractivity contribution in [2.75, 3.05) is 18.8 Å². The quantitative estimate of drug-likeness (QED) is 0.741. The van der Waals surface area contributed by atoms with E-state index in [9.17, 15) is 9.59 Å². The highest BCUT2D eigenvalue weighted by atomic mass is 16.2. The number of rotatable bonds is 4. The summed E-state index contributed by atoms with van der Waals surface area (Å²) in [5.74, 6) is 0.511. The molecule has 2 atom stereocenters. The summed E-state index contributed by atoms with van der Waals surface area (Å²) in [7, 11) is 0. The number of nitrogens with one attached hydrogen (secondary N) is 1. The second-order valence-electron chi connectivity index (χ2n) is 6.18. The van der Waals surface area contributed by atoms with Gasteiger partial charge in [-0.1, -0.05) is 0 Å². The summed E-state index contributed by atoms with van der Waals surface area (Å²) in [5, 5.41) is 3.01. The molecule has 1 fully saturated rings. The van der Waals surface area contributed by atoms with Gasteiger partial charge in [0.15, 0.2) is 0 Å². The van der Waals surface area contributed by atoms with Crippen LogP contribution in [0.1, 0.15) is 37.0 Å². The van der Waals surface area contributed by atoms with E-state index in [1.807, 2.05) is 6.92 Å². The molecule has 2 heterocycles. The first-order valence-electron chi connectivity index (χ1n) is 7.95. The maximum atomic E-state index is 12.2. The van der Waals surface area contributed by atoms with E-state index < -0.39 is 6.04 Å². The number of carbonyl (C=O) groups is 2. The molecule has 2 rings (SSSR count). The number of nitrogen functional groups attached to an aromatic ring is 1. The Bertz CT molecular complexity index is 567. The van der Waals surface area contributed by atoms with Gasteiger partial charge in [-0.3, -0.25) is 9.59 Å². The fourth-order valence-corrected chi connectivity index (χ4v) is 2.91. The highest BCUT2D eigenvalue weighted by Crippen LogP contribution is 2.21. The third-order valence-corrected chi connectivity index (χ3v) is 4.35. The van der Waals surface area contributed by atoms with Crippen molar-refractivity contribution in [3.8, 4) is 0 Å². The SMILES string of the molecule is CC(N)C(=O)N1CCC(C(C)NC(=O)c2ccnc(N)c2)CC1. The molecule has 1 saturated heterocycles. The molecule has 1 aliphatic rings. The molecule has 0 spiro atoms. The number of piperidine rings is 1. The number of carbonyl (C=O) groups excluding carboxylic acids is 2. The zero-order chi connectivity index (χ0) is 17.0. The molecule has 7 heteroatoms. The molecule has 0 radical (unpaired) electrons. The van der Waals surface area contributed by atoms with Crippen molar-refractivity contribution < 1.29 is 9.59 Å². The molecule has 0 saturated carbocycles. The van der Waals surface area contributed by atoms with Crippen LogP contribution in [0, 0.1) is 5.92 Å². The van der Waals surface area contributed by atoms with Crippen LogP contribution in [-0.2, 0) is 4.79 Å². The Balaban J connectivity index is 1.86. The van der Waals surface area contributed by atoms with E-state index in [4.69, 9.17) is 11.5 Å². The van der Waals surface area contributed by atoms with Crippen molar-refractivity contribution in [3.05, 3.63) is 23.9 Å². The Morgan fingerprint density at radius 1 is 1.35 bits per heavy atom. The van der Waals surface area contributed by atoms with E-state index >= 15 is 0 Å². The van der Waals surface area contributed by atoms with Crippen LogP contribution in [-0.4, -0.2) is 46.9 Å². The number of hydrogen-bond donors (Lipinski definition) is 3. The molecule has 126 valence electrons. The van der Waals surface area contributed by atoms with E-state index in [1.165, 1.54) is 6.20 Å². The molecule has 7 nitrogen and oxygen atoms in total. The number of nitrogens with two attached hydrogens (primary N) is 2. The fraction of sp³-hybridized carbons (Fsp3) is 0.562. The van der Waals surface area contributed by atoms with Crippen molar-refractivity contribution in [1.82, 2.24) is 15.2 Å². The van der Waals surface area contributed by atoms with Crippen LogP contribution >= 0.6 is 0 Å². The second-order valence-corrected chi connectivity index (χ2v) is 6.18. The van der Waals surface area contributed by atoms with Crippen molar-refractivity contribution >= 4 is 17.6 Å². The fourth-order valence-electron chi connectivity index (χ4n) is 2.91. The van der Waals surface area contributed by atoms with Gasteiger partial charge >= 0.3 is 0 Å². The summed E-state index contributed by atoms with van der Waals surface area (Å²) in [6, 6.07) is 2.78. The topological polar surface area (TPSA) is 114 Å². The van der Waals surface area contributed by atoms with Crippen molar-refractivity contribution in [2.45, 2.75) is 38.8 Å². The molecule has 5 N–H and O–H groups in total. The van der Waals surface area contributed by atoms with Gasteiger partial charge < -0.3 is 21.7 Å². The Morgan fingerprint density at radius 3 is 2.57 bits per heavy atom. The number of likely N-dealkylation sites (tertiary alicyclic amines) is 1. The molecule has 0 bridgehead atoms. The lowest BCUT2D eigenvalue weighted by Gasteiger charge is -2.35. The second kappa shape index (κ2) is 7.41. The summed E-state index contributed by atoms with van der Waals surface area (Å²) in [4.78, 5) is 29.8. The van der Waals surface area contributed by atoms with Crippen LogP contribution in [0.25, 0.3) is 0 Å². The van der Waals surface area contributed by atoms with E-state index in [1.54, 1.807) is 24.0 Å². The van der Waals surface area contributed by atoms with E-state index in [2.05, 4.69) is 10.3 Å².